The smallest absolute Gasteiger partial charge is 0.243 e. The van der Waals surface area contributed by atoms with Crippen molar-refractivity contribution in [1.82, 2.24) is 0 Å². The Balaban J connectivity index is 1.51. The molecule has 6 nitrogen and oxygen atoms in total. The summed E-state index contributed by atoms with van der Waals surface area (Å²) < 4.78 is 16.4. The number of thiophene rings is 1. The van der Waals surface area contributed by atoms with Crippen LogP contribution in [0.25, 0.3) is 0 Å². The Morgan fingerprint density at radius 2 is 1.90 bits per heavy atom. The second-order valence-corrected chi connectivity index (χ2v) is 8.10. The van der Waals surface area contributed by atoms with Gasteiger partial charge in [-0.05, 0) is 35.7 Å². The van der Waals surface area contributed by atoms with Gasteiger partial charge in [-0.1, -0.05) is 17.7 Å². The number of rotatable bonds is 7. The number of hydrogen-bond acceptors (Lipinski definition) is 6. The number of nitrogens with zero attached hydrogens (tertiary/aromatic N) is 1. The minimum atomic E-state index is -0.180. The van der Waals surface area contributed by atoms with Crippen molar-refractivity contribution in [2.24, 2.45) is 0 Å². The lowest BCUT2D eigenvalue weighted by Gasteiger charge is -2.24. The van der Waals surface area contributed by atoms with Gasteiger partial charge >= 0.3 is 0 Å². The summed E-state index contributed by atoms with van der Waals surface area (Å²) in [5.74, 6) is 1.75. The van der Waals surface area contributed by atoms with Gasteiger partial charge in [0.15, 0.2) is 11.5 Å². The van der Waals surface area contributed by atoms with Gasteiger partial charge in [-0.2, -0.15) is 0 Å². The lowest BCUT2D eigenvalue weighted by Crippen LogP contribution is -2.32. The van der Waals surface area contributed by atoms with Gasteiger partial charge in [0.2, 0.25) is 5.91 Å². The largest absolute Gasteiger partial charge is 0.497 e. The van der Waals surface area contributed by atoms with Crippen LogP contribution >= 0.6 is 22.9 Å². The van der Waals surface area contributed by atoms with E-state index in [2.05, 4.69) is 11.4 Å². The quantitative estimate of drug-likeness (QED) is 0.565. The van der Waals surface area contributed by atoms with Crippen LogP contribution in [0.3, 0.4) is 0 Å². The molecule has 1 N–H and O–H groups in total. The zero-order chi connectivity index (χ0) is 20.9. The van der Waals surface area contributed by atoms with E-state index in [-0.39, 0.29) is 12.5 Å². The summed E-state index contributed by atoms with van der Waals surface area (Å²) in [6.07, 6.45) is 0. The third-order valence-corrected chi connectivity index (χ3v) is 5.78. The number of carbonyl (C=O) groups is 1. The van der Waals surface area contributed by atoms with Gasteiger partial charge < -0.3 is 24.4 Å². The van der Waals surface area contributed by atoms with E-state index < -0.39 is 0 Å². The number of halogens is 1. The molecule has 3 aromatic rings. The topological polar surface area (TPSA) is 60.0 Å². The van der Waals surface area contributed by atoms with Crippen molar-refractivity contribution in [3.8, 4) is 17.2 Å². The van der Waals surface area contributed by atoms with Crippen LogP contribution < -0.4 is 24.4 Å². The van der Waals surface area contributed by atoms with E-state index in [1.807, 2.05) is 40.6 Å². The van der Waals surface area contributed by atoms with E-state index in [1.165, 1.54) is 0 Å². The number of fused-ring (bicyclic) bond motifs is 1. The summed E-state index contributed by atoms with van der Waals surface area (Å²) in [6, 6.07) is 15.1. The lowest BCUT2D eigenvalue weighted by atomic mass is 10.2. The molecule has 0 saturated carbocycles. The first-order valence-corrected chi connectivity index (χ1v) is 10.7. The number of ether oxygens (including phenoxy) is 3. The second kappa shape index (κ2) is 9.28. The molecule has 1 aromatic heterocycles. The maximum Gasteiger partial charge on any atom is 0.243 e. The Labute approximate surface area is 183 Å². The Morgan fingerprint density at radius 1 is 1.17 bits per heavy atom. The molecule has 4 rings (SSSR count). The average molecular weight is 445 g/mol. The molecule has 0 unspecified atom stereocenters. The first kappa shape index (κ1) is 20.4. The third kappa shape index (κ3) is 4.80. The fourth-order valence-electron chi connectivity index (χ4n) is 3.15. The number of amides is 1. The van der Waals surface area contributed by atoms with E-state index in [4.69, 9.17) is 25.8 Å². The molecule has 1 amide bonds. The van der Waals surface area contributed by atoms with Crippen molar-refractivity contribution < 1.29 is 19.0 Å². The van der Waals surface area contributed by atoms with Crippen molar-refractivity contribution in [2.45, 2.75) is 6.54 Å². The molecule has 0 aliphatic carbocycles. The summed E-state index contributed by atoms with van der Waals surface area (Å²) in [5, 5.41) is 5.32. The molecular formula is C22H21ClN2O4S. The first-order chi connectivity index (χ1) is 14.6. The molecule has 1 aliphatic heterocycles. The predicted octanol–water partition coefficient (Wildman–Crippen LogP) is 4.83. The molecule has 8 heteroatoms. The molecule has 0 saturated heterocycles. The monoisotopic (exact) mass is 444 g/mol. The van der Waals surface area contributed by atoms with E-state index in [0.29, 0.717) is 42.0 Å². The highest BCUT2D eigenvalue weighted by Gasteiger charge is 2.18. The van der Waals surface area contributed by atoms with Crippen LogP contribution in [0.4, 0.5) is 11.4 Å². The van der Waals surface area contributed by atoms with Gasteiger partial charge in [0.25, 0.3) is 0 Å². The average Bonchev–Trinajstić information content (AvgIpc) is 3.27. The molecule has 2 aromatic carbocycles. The molecule has 0 bridgehead atoms. The maximum absolute atomic E-state index is 12.9. The number of methoxy groups -OCH3 is 1. The number of benzene rings is 2. The molecule has 30 heavy (non-hydrogen) atoms. The summed E-state index contributed by atoms with van der Waals surface area (Å²) in [7, 11) is 1.63. The Hall–Kier alpha value is -2.90. The highest BCUT2D eigenvalue weighted by atomic mass is 35.5. The Bertz CT molecular complexity index is 1010. The van der Waals surface area contributed by atoms with Crippen molar-refractivity contribution in [2.75, 3.05) is 37.1 Å². The number of nitrogens with one attached hydrogen (secondary N) is 1. The third-order valence-electron chi connectivity index (χ3n) is 4.60. The molecule has 0 radical (unpaired) electrons. The van der Waals surface area contributed by atoms with Crippen LogP contribution in [-0.4, -0.2) is 32.8 Å². The normalized spacial score (nSPS) is 12.3. The molecule has 1 aliphatic rings. The predicted molar refractivity (Wildman–Crippen MR) is 119 cm³/mol. The minimum Gasteiger partial charge on any atom is -0.497 e. The zero-order valence-corrected chi connectivity index (χ0v) is 18.0. The fourth-order valence-corrected chi connectivity index (χ4v) is 4.07. The molecular weight excluding hydrogens is 424 g/mol. The van der Waals surface area contributed by atoms with E-state index in [0.717, 1.165) is 16.3 Å². The standard InChI is InChI=1S/C22H21ClN2O4S/c1-27-16-6-4-15(5-7-16)25(13-17-3-2-10-30-17)14-22(26)24-19-12-21-20(11-18(19)23)28-8-9-29-21/h2-7,10-12H,8-9,13-14H2,1H3,(H,24,26). The number of anilines is 2. The second-order valence-electron chi connectivity index (χ2n) is 6.66. The number of carbonyl (C=O) groups excluding carboxylic acids is 1. The molecule has 0 spiro atoms. The first-order valence-electron chi connectivity index (χ1n) is 9.43. The molecule has 2 heterocycles. The van der Waals surface area contributed by atoms with Gasteiger partial charge in [0, 0.05) is 22.7 Å². The van der Waals surface area contributed by atoms with Gasteiger partial charge in [-0.15, -0.1) is 11.3 Å². The molecule has 0 fully saturated rings. The van der Waals surface area contributed by atoms with Crippen LogP contribution in [-0.2, 0) is 11.3 Å². The fraction of sp³-hybridized carbons (Fsp3) is 0.227. The maximum atomic E-state index is 12.9. The number of hydrogen-bond donors (Lipinski definition) is 1. The summed E-state index contributed by atoms with van der Waals surface area (Å²) in [6.45, 7) is 1.73. The van der Waals surface area contributed by atoms with Crippen LogP contribution in [0.2, 0.25) is 5.02 Å². The van der Waals surface area contributed by atoms with Crippen molar-refractivity contribution >= 4 is 40.2 Å². The van der Waals surface area contributed by atoms with Crippen molar-refractivity contribution in [3.05, 3.63) is 63.8 Å². The van der Waals surface area contributed by atoms with Crippen LogP contribution in [0.5, 0.6) is 17.2 Å². The van der Waals surface area contributed by atoms with Crippen molar-refractivity contribution in [3.63, 3.8) is 0 Å². The highest BCUT2D eigenvalue weighted by Crippen LogP contribution is 2.38. The van der Waals surface area contributed by atoms with Crippen molar-refractivity contribution in [1.29, 1.82) is 0 Å². The molecule has 0 atom stereocenters. The van der Waals surface area contributed by atoms with Gasteiger partial charge in [0.05, 0.1) is 30.9 Å². The lowest BCUT2D eigenvalue weighted by molar-refractivity contribution is -0.115. The van der Waals surface area contributed by atoms with E-state index in [1.54, 1.807) is 30.6 Å². The molecule has 156 valence electrons. The van der Waals surface area contributed by atoms with Crippen LogP contribution in [0.1, 0.15) is 4.88 Å². The van der Waals surface area contributed by atoms with Crippen LogP contribution in [0, 0.1) is 0 Å². The van der Waals surface area contributed by atoms with Gasteiger partial charge in [-0.25, -0.2) is 0 Å². The summed E-state index contributed by atoms with van der Waals surface area (Å²) in [5.41, 5.74) is 1.42. The Kier molecular flexibility index (Phi) is 6.30. The Morgan fingerprint density at radius 3 is 2.57 bits per heavy atom. The minimum absolute atomic E-state index is 0.162. The SMILES string of the molecule is COc1ccc(N(CC(=O)Nc2cc3c(cc2Cl)OCCO3)Cc2cccs2)cc1. The van der Waals surface area contributed by atoms with Gasteiger partial charge in [-0.3, -0.25) is 4.79 Å². The summed E-state index contributed by atoms with van der Waals surface area (Å²) >= 11 is 7.98. The summed E-state index contributed by atoms with van der Waals surface area (Å²) in [4.78, 5) is 16.0. The zero-order valence-electron chi connectivity index (χ0n) is 16.4. The highest BCUT2D eigenvalue weighted by molar-refractivity contribution is 7.09. The van der Waals surface area contributed by atoms with E-state index in [9.17, 15) is 4.79 Å². The van der Waals surface area contributed by atoms with Gasteiger partial charge in [0.1, 0.15) is 19.0 Å². The van der Waals surface area contributed by atoms with E-state index >= 15 is 0 Å². The van der Waals surface area contributed by atoms with Crippen LogP contribution in [0.15, 0.2) is 53.9 Å².